The summed E-state index contributed by atoms with van der Waals surface area (Å²) < 4.78 is 14.4. The second-order valence-corrected chi connectivity index (χ2v) is 8.34. The molecule has 2 amide bonds. The third kappa shape index (κ3) is 4.50. The van der Waals surface area contributed by atoms with Crippen molar-refractivity contribution in [2.24, 2.45) is 0 Å². The quantitative estimate of drug-likeness (QED) is 0.417. The van der Waals surface area contributed by atoms with E-state index in [9.17, 15) is 18.8 Å². The second-order valence-electron chi connectivity index (χ2n) is 8.34. The van der Waals surface area contributed by atoms with Gasteiger partial charge in [0.1, 0.15) is 23.5 Å². The Morgan fingerprint density at radius 3 is 2.66 bits per heavy atom. The molecular formula is C25H21FN6O3. The zero-order valence-corrected chi connectivity index (χ0v) is 18.8. The second kappa shape index (κ2) is 9.05. The first-order valence-electron chi connectivity index (χ1n) is 11.1. The third-order valence-corrected chi connectivity index (χ3v) is 6.02. The molecule has 0 fully saturated rings. The third-order valence-electron chi connectivity index (χ3n) is 6.02. The van der Waals surface area contributed by atoms with E-state index in [4.69, 9.17) is 0 Å². The number of benzene rings is 2. The van der Waals surface area contributed by atoms with Crippen molar-refractivity contribution in [3.8, 4) is 0 Å². The van der Waals surface area contributed by atoms with Crippen LogP contribution in [0.25, 0.3) is 5.78 Å². The fraction of sp³-hybridized carbons (Fsp3) is 0.200. The lowest BCUT2D eigenvalue weighted by Crippen LogP contribution is -2.30. The normalized spacial score (nSPS) is 14.5. The molecule has 1 aliphatic rings. The highest BCUT2D eigenvalue weighted by molar-refractivity contribution is 5.98. The van der Waals surface area contributed by atoms with Crippen LogP contribution < -0.4 is 10.6 Å². The number of hydrogen-bond acceptors (Lipinski definition) is 6. The van der Waals surface area contributed by atoms with E-state index < -0.39 is 11.8 Å². The molecule has 176 valence electrons. The van der Waals surface area contributed by atoms with Crippen LogP contribution in [0.5, 0.6) is 0 Å². The molecule has 2 aromatic heterocycles. The van der Waals surface area contributed by atoms with E-state index >= 15 is 0 Å². The van der Waals surface area contributed by atoms with Crippen molar-refractivity contribution in [2.45, 2.75) is 32.4 Å². The fourth-order valence-electron chi connectivity index (χ4n) is 4.18. The Kier molecular flexibility index (Phi) is 5.77. The Morgan fingerprint density at radius 1 is 1.09 bits per heavy atom. The molecule has 0 bridgehead atoms. The number of amides is 2. The zero-order valence-electron chi connectivity index (χ0n) is 18.8. The first kappa shape index (κ1) is 22.3. The number of nitrogens with one attached hydrogen (secondary N) is 2. The van der Waals surface area contributed by atoms with Crippen molar-refractivity contribution >= 4 is 23.4 Å². The maximum absolute atomic E-state index is 13.2. The number of Topliss-reactive ketones (excluding diaryl/α,β-unsaturated/α-hetero) is 1. The lowest BCUT2D eigenvalue weighted by Gasteiger charge is -2.15. The summed E-state index contributed by atoms with van der Waals surface area (Å²) in [4.78, 5) is 45.9. The molecule has 9 nitrogen and oxygen atoms in total. The lowest BCUT2D eigenvalue weighted by molar-refractivity contribution is 0.0927. The molecule has 0 saturated heterocycles. The molecule has 0 radical (unpaired) electrons. The Hall–Kier alpha value is -4.47. The Morgan fingerprint density at radius 2 is 1.89 bits per heavy atom. The van der Waals surface area contributed by atoms with Gasteiger partial charge in [-0.3, -0.25) is 14.4 Å². The largest absolute Gasteiger partial charge is 0.347 e. The van der Waals surface area contributed by atoms with E-state index in [2.05, 4.69) is 25.7 Å². The van der Waals surface area contributed by atoms with Crippen LogP contribution >= 0.6 is 0 Å². The topological polar surface area (TPSA) is 118 Å². The van der Waals surface area contributed by atoms with Crippen LogP contribution in [0.1, 0.15) is 67.4 Å². The van der Waals surface area contributed by atoms with Crippen LogP contribution in [0.2, 0.25) is 0 Å². The van der Waals surface area contributed by atoms with Gasteiger partial charge in [0.15, 0.2) is 5.78 Å². The van der Waals surface area contributed by atoms with E-state index in [0.717, 1.165) is 17.5 Å². The van der Waals surface area contributed by atoms with Crippen molar-refractivity contribution in [2.75, 3.05) is 0 Å². The van der Waals surface area contributed by atoms with Gasteiger partial charge in [0, 0.05) is 18.2 Å². The molecule has 0 spiro atoms. The van der Waals surface area contributed by atoms with Gasteiger partial charge in [0.05, 0.1) is 6.04 Å². The molecule has 35 heavy (non-hydrogen) atoms. The molecule has 10 heteroatoms. The van der Waals surface area contributed by atoms with Crippen LogP contribution in [0.4, 0.5) is 4.39 Å². The molecule has 2 aromatic carbocycles. The molecule has 2 heterocycles. The summed E-state index contributed by atoms with van der Waals surface area (Å²) in [6.45, 7) is 1.69. The fourth-order valence-corrected chi connectivity index (χ4v) is 4.18. The molecule has 0 aliphatic heterocycles. The minimum atomic E-state index is -0.503. The summed E-state index contributed by atoms with van der Waals surface area (Å²) in [6.07, 6.45) is 2.69. The Balaban J connectivity index is 1.36. The first-order valence-corrected chi connectivity index (χ1v) is 11.1. The highest BCUT2D eigenvalue weighted by atomic mass is 19.1. The monoisotopic (exact) mass is 472 g/mol. The van der Waals surface area contributed by atoms with E-state index in [1.807, 2.05) is 12.1 Å². The molecule has 1 aliphatic carbocycles. The molecule has 2 N–H and O–H groups in total. The van der Waals surface area contributed by atoms with Crippen LogP contribution in [-0.2, 0) is 13.0 Å². The highest BCUT2D eigenvalue weighted by Crippen LogP contribution is 2.32. The number of aryl methyl sites for hydroxylation is 1. The van der Waals surface area contributed by atoms with E-state index in [0.29, 0.717) is 17.5 Å². The number of ketones is 1. The number of halogens is 1. The van der Waals surface area contributed by atoms with Gasteiger partial charge in [-0.25, -0.2) is 9.37 Å². The van der Waals surface area contributed by atoms with E-state index in [1.54, 1.807) is 18.2 Å². The number of hydrogen-bond donors (Lipinski definition) is 2. The molecule has 0 saturated carbocycles. The number of fused-ring (bicyclic) bond motifs is 2. The van der Waals surface area contributed by atoms with Crippen molar-refractivity contribution in [1.82, 2.24) is 30.2 Å². The van der Waals surface area contributed by atoms with Crippen molar-refractivity contribution < 1.29 is 18.8 Å². The van der Waals surface area contributed by atoms with Gasteiger partial charge < -0.3 is 10.6 Å². The van der Waals surface area contributed by atoms with Gasteiger partial charge in [0.25, 0.3) is 17.6 Å². The van der Waals surface area contributed by atoms with Gasteiger partial charge in [-0.2, -0.15) is 14.6 Å². The van der Waals surface area contributed by atoms with Crippen LogP contribution in [0, 0.1) is 5.82 Å². The summed E-state index contributed by atoms with van der Waals surface area (Å²) in [5.41, 5.74) is 3.48. The standard InChI is InChI=1S/C25H21FN6O3/c1-14(33)16-4-8-19-17(10-16)5-9-20(19)30-24(35)22-11-21(31-25-28-13-29-32(22)25)23(34)27-12-15-2-6-18(26)7-3-15/h2-4,6-8,10-11,13,20H,5,9,12H2,1H3,(H,27,34)(H,30,35)/t20-/m0/s1. The SMILES string of the molecule is CC(=O)c1ccc2c(c1)CC[C@@H]2NC(=O)c1cc(C(=O)NCc2ccc(F)cc2)nc2ncnn12. The smallest absolute Gasteiger partial charge is 0.270 e. The van der Waals surface area contributed by atoms with Crippen molar-refractivity contribution in [3.05, 3.63) is 94.3 Å². The van der Waals surface area contributed by atoms with Gasteiger partial charge in [-0.1, -0.05) is 24.3 Å². The maximum atomic E-state index is 13.2. The number of carbonyl (C=O) groups excluding carboxylic acids is 3. The van der Waals surface area contributed by atoms with Gasteiger partial charge in [-0.05, 0) is 54.7 Å². The van der Waals surface area contributed by atoms with E-state index in [1.165, 1.54) is 36.0 Å². The maximum Gasteiger partial charge on any atom is 0.270 e. The van der Waals surface area contributed by atoms with Crippen molar-refractivity contribution in [3.63, 3.8) is 0 Å². The predicted octanol–water partition coefficient (Wildman–Crippen LogP) is 2.81. The zero-order chi connectivity index (χ0) is 24.5. The average molecular weight is 472 g/mol. The molecule has 4 aromatic rings. The number of aromatic nitrogens is 4. The minimum Gasteiger partial charge on any atom is -0.347 e. The number of rotatable bonds is 6. The Labute approximate surface area is 199 Å². The van der Waals surface area contributed by atoms with Crippen LogP contribution in [0.3, 0.4) is 0 Å². The predicted molar refractivity (Wildman–Crippen MR) is 123 cm³/mol. The van der Waals surface area contributed by atoms with Gasteiger partial charge in [-0.15, -0.1) is 0 Å². The summed E-state index contributed by atoms with van der Waals surface area (Å²) in [5, 5.41) is 9.79. The van der Waals surface area contributed by atoms with Crippen LogP contribution in [-0.4, -0.2) is 37.2 Å². The number of nitrogens with zero attached hydrogens (tertiary/aromatic N) is 4. The lowest BCUT2D eigenvalue weighted by atomic mass is 10.0. The molecular weight excluding hydrogens is 451 g/mol. The summed E-state index contributed by atoms with van der Waals surface area (Å²) in [6, 6.07) is 12.4. The van der Waals surface area contributed by atoms with Crippen LogP contribution in [0.15, 0.2) is 54.9 Å². The molecule has 5 rings (SSSR count). The molecule has 0 unspecified atom stereocenters. The number of carbonyl (C=O) groups is 3. The summed E-state index contributed by atoms with van der Waals surface area (Å²) in [5.74, 6) is -1.18. The van der Waals surface area contributed by atoms with Gasteiger partial charge in [0.2, 0.25) is 0 Å². The van der Waals surface area contributed by atoms with Crippen molar-refractivity contribution in [1.29, 1.82) is 0 Å². The summed E-state index contributed by atoms with van der Waals surface area (Å²) >= 11 is 0. The van der Waals surface area contributed by atoms with Gasteiger partial charge >= 0.3 is 0 Å². The minimum absolute atomic E-state index is 0.00382. The van der Waals surface area contributed by atoms with E-state index in [-0.39, 0.29) is 41.4 Å². The Bertz CT molecular complexity index is 1460. The molecule has 1 atom stereocenters. The summed E-state index contributed by atoms with van der Waals surface area (Å²) in [7, 11) is 0. The highest BCUT2D eigenvalue weighted by Gasteiger charge is 2.27. The first-order chi connectivity index (χ1) is 16.9. The average Bonchev–Trinajstić information content (AvgIpc) is 3.49.